The lowest BCUT2D eigenvalue weighted by molar-refractivity contribution is -0.421. The Bertz CT molecular complexity index is 1070. The maximum Gasteiger partial charge on any atom is 0.449 e. The number of hydrogen-bond acceptors (Lipinski definition) is 10. The van der Waals surface area contributed by atoms with Crippen molar-refractivity contribution in [2.24, 2.45) is 41.4 Å². The van der Waals surface area contributed by atoms with E-state index in [2.05, 4.69) is 24.1 Å². The predicted octanol–water partition coefficient (Wildman–Crippen LogP) is 7.66. The van der Waals surface area contributed by atoms with Gasteiger partial charge < -0.3 is 29.4 Å². The molecule has 3 heterocycles. The van der Waals surface area contributed by atoms with Crippen molar-refractivity contribution in [3.8, 4) is 0 Å². The monoisotopic (exact) mass is 709 g/mol. The molecule has 286 valence electrons. The van der Waals surface area contributed by atoms with Gasteiger partial charge in [-0.3, -0.25) is 5.26 Å². The maximum atomic E-state index is 14.8. The van der Waals surface area contributed by atoms with Crippen LogP contribution in [-0.4, -0.2) is 78.2 Å². The maximum absolute atomic E-state index is 14.8. The van der Waals surface area contributed by atoms with Crippen LogP contribution in [0.3, 0.4) is 0 Å². The fourth-order valence-electron chi connectivity index (χ4n) is 9.11. The van der Waals surface area contributed by atoms with Gasteiger partial charge in [0.1, 0.15) is 5.60 Å². The minimum absolute atomic E-state index is 0.0461. The topological polar surface area (TPSA) is 128 Å². The Balaban J connectivity index is 1.45. The lowest BCUT2D eigenvalue weighted by atomic mass is 9.59. The second kappa shape index (κ2) is 17.7. The minimum Gasteiger partial charge on any atom is -0.460 e. The van der Waals surface area contributed by atoms with E-state index in [9.17, 15) is 28.8 Å². The molecule has 0 aromatic rings. The Hall–Kier alpha value is -1.03. The molecule has 0 radical (unpaired) electrons. The van der Waals surface area contributed by atoms with Crippen molar-refractivity contribution in [1.82, 2.24) is 5.32 Å². The number of fused-ring (bicyclic) bond motifs is 3. The van der Waals surface area contributed by atoms with E-state index in [4.69, 9.17) is 23.8 Å². The second-order valence-electron chi connectivity index (χ2n) is 15.6. The lowest BCUT2D eigenvalue weighted by Gasteiger charge is -2.51. The molecule has 4 aliphatic rings. The average molecular weight is 710 g/mol. The molecule has 12 atom stereocenters. The summed E-state index contributed by atoms with van der Waals surface area (Å²) in [5, 5.41) is 34.1. The minimum atomic E-state index is -4.77. The molecule has 3 fully saturated rings. The Kier molecular flexibility index (Phi) is 14.7. The van der Waals surface area contributed by atoms with Crippen LogP contribution in [0.15, 0.2) is 11.3 Å². The lowest BCUT2D eigenvalue weighted by Crippen LogP contribution is -2.58. The SMILES string of the molecule is CCCC1CCC(C)C2CCC(C)(OO)OC(C2)OC(C(F)(F)F)=C1CNCCOC(O)C(C)C1CCC(C)C2CCC(C)OCC21OO. The van der Waals surface area contributed by atoms with Gasteiger partial charge in [0.25, 0.3) is 0 Å². The summed E-state index contributed by atoms with van der Waals surface area (Å²) in [6.45, 7) is 12.1. The van der Waals surface area contributed by atoms with Gasteiger partial charge in [0, 0.05) is 37.8 Å². The highest BCUT2D eigenvalue weighted by Crippen LogP contribution is 2.51. The van der Waals surface area contributed by atoms with E-state index < -0.39 is 41.8 Å². The normalized spacial score (nSPS) is 39.3. The number of nitrogens with one attached hydrogen (secondary N) is 1. The molecule has 4 rings (SSSR count). The molecular weight excluding hydrogens is 647 g/mol. The number of aliphatic hydroxyl groups excluding tert-OH is 1. The summed E-state index contributed by atoms with van der Waals surface area (Å²) in [6, 6.07) is 0. The van der Waals surface area contributed by atoms with Gasteiger partial charge in [-0.2, -0.15) is 13.2 Å². The van der Waals surface area contributed by atoms with Crippen LogP contribution in [0.1, 0.15) is 112 Å². The van der Waals surface area contributed by atoms with Crippen molar-refractivity contribution in [2.45, 2.75) is 148 Å². The Morgan fingerprint density at radius 1 is 1.00 bits per heavy atom. The Labute approximate surface area is 290 Å². The number of halogens is 3. The van der Waals surface area contributed by atoms with Gasteiger partial charge in [0.2, 0.25) is 17.8 Å². The first-order chi connectivity index (χ1) is 23.2. The van der Waals surface area contributed by atoms with Crippen molar-refractivity contribution in [3.05, 3.63) is 11.3 Å². The summed E-state index contributed by atoms with van der Waals surface area (Å²) in [5.74, 6) is -2.80. The van der Waals surface area contributed by atoms with E-state index in [1.165, 1.54) is 6.92 Å². The van der Waals surface area contributed by atoms with Gasteiger partial charge in [-0.25, -0.2) is 15.0 Å². The summed E-state index contributed by atoms with van der Waals surface area (Å²) < 4.78 is 67.8. The standard InChI is InChI=1S/C36H62F3NO9/c1-7-8-26-12-9-22(2)27-15-16-34(6,48-42)47-31(19-27)46-32(36(37,38)39)28(26)20-40-17-18-44-33(41)25(5)30-13-10-23(3)29-14-11-24(4)45-21-35(29,30)49-43/h22-27,29-31,33,40-43H,7-21H2,1-6H3. The van der Waals surface area contributed by atoms with Gasteiger partial charge in [0.05, 0.1) is 19.3 Å². The van der Waals surface area contributed by atoms with Gasteiger partial charge in [0.15, 0.2) is 6.29 Å². The zero-order chi connectivity index (χ0) is 36.0. The fourth-order valence-corrected chi connectivity index (χ4v) is 9.11. The molecule has 0 amide bonds. The highest BCUT2D eigenvalue weighted by molar-refractivity contribution is 5.19. The number of rotatable bonds is 12. The van der Waals surface area contributed by atoms with Crippen molar-refractivity contribution < 1.29 is 57.5 Å². The first-order valence-electron chi connectivity index (χ1n) is 18.6. The largest absolute Gasteiger partial charge is 0.460 e. The molecule has 0 spiro atoms. The van der Waals surface area contributed by atoms with E-state index in [-0.39, 0.29) is 74.0 Å². The number of aliphatic hydroxyl groups is 1. The number of allylic oxidation sites excluding steroid dienone is 1. The van der Waals surface area contributed by atoms with Crippen LogP contribution in [0.5, 0.6) is 0 Å². The van der Waals surface area contributed by atoms with Crippen LogP contribution in [0.2, 0.25) is 0 Å². The number of hydrogen-bond donors (Lipinski definition) is 4. The molecule has 1 saturated carbocycles. The van der Waals surface area contributed by atoms with E-state index in [0.29, 0.717) is 38.0 Å². The van der Waals surface area contributed by atoms with Gasteiger partial charge in [-0.05, 0) is 100 Å². The number of ether oxygens (including phenoxy) is 4. The first kappa shape index (κ1) is 40.7. The van der Waals surface area contributed by atoms with E-state index in [1.807, 2.05) is 20.8 Å². The zero-order valence-corrected chi connectivity index (χ0v) is 30.3. The smallest absolute Gasteiger partial charge is 0.449 e. The van der Waals surface area contributed by atoms with Crippen LogP contribution >= 0.6 is 0 Å². The van der Waals surface area contributed by atoms with E-state index in [0.717, 1.165) is 32.1 Å². The number of alkyl halides is 3. The quantitative estimate of drug-likeness (QED) is 0.0694. The van der Waals surface area contributed by atoms with Crippen LogP contribution in [0.4, 0.5) is 13.2 Å². The molecule has 3 aliphatic heterocycles. The van der Waals surface area contributed by atoms with Crippen LogP contribution in [0.25, 0.3) is 0 Å². The third kappa shape index (κ3) is 9.90. The Morgan fingerprint density at radius 2 is 1.73 bits per heavy atom. The van der Waals surface area contributed by atoms with Crippen molar-refractivity contribution in [2.75, 3.05) is 26.3 Å². The fraction of sp³-hybridized carbons (Fsp3) is 0.944. The average Bonchev–Trinajstić information content (AvgIpc) is 3.35. The van der Waals surface area contributed by atoms with Gasteiger partial charge >= 0.3 is 6.18 Å². The summed E-state index contributed by atoms with van der Waals surface area (Å²) in [4.78, 5) is 9.89. The van der Waals surface area contributed by atoms with Crippen LogP contribution in [-0.2, 0) is 28.7 Å². The van der Waals surface area contributed by atoms with Crippen LogP contribution < -0.4 is 5.32 Å². The third-order valence-electron chi connectivity index (χ3n) is 12.2. The molecule has 13 heteroatoms. The Morgan fingerprint density at radius 3 is 2.41 bits per heavy atom. The molecule has 1 aliphatic carbocycles. The van der Waals surface area contributed by atoms with Crippen molar-refractivity contribution >= 4 is 0 Å². The van der Waals surface area contributed by atoms with E-state index >= 15 is 0 Å². The predicted molar refractivity (Wildman–Crippen MR) is 176 cm³/mol. The molecule has 2 saturated heterocycles. The molecule has 0 aromatic heterocycles. The van der Waals surface area contributed by atoms with Crippen molar-refractivity contribution in [1.29, 1.82) is 0 Å². The molecule has 10 nitrogen and oxygen atoms in total. The second-order valence-corrected chi connectivity index (χ2v) is 15.6. The third-order valence-corrected chi connectivity index (χ3v) is 12.2. The molecule has 49 heavy (non-hydrogen) atoms. The molecule has 12 unspecified atom stereocenters. The summed E-state index contributed by atoms with van der Waals surface area (Å²) in [6.07, 6.45) is 0.124. The van der Waals surface area contributed by atoms with Gasteiger partial charge in [-0.1, -0.05) is 34.1 Å². The zero-order valence-electron chi connectivity index (χ0n) is 30.3. The molecular formula is C36H62F3NO9. The molecule has 2 bridgehead atoms. The van der Waals surface area contributed by atoms with E-state index in [1.54, 1.807) is 0 Å². The highest BCUT2D eigenvalue weighted by atomic mass is 19.4. The summed E-state index contributed by atoms with van der Waals surface area (Å²) in [5.41, 5.74) is -0.811. The molecule has 0 aromatic carbocycles. The molecule has 4 N–H and O–H groups in total. The van der Waals surface area contributed by atoms with Crippen molar-refractivity contribution in [3.63, 3.8) is 0 Å². The van der Waals surface area contributed by atoms with Crippen LogP contribution in [0, 0.1) is 41.4 Å². The highest BCUT2D eigenvalue weighted by Gasteiger charge is 2.56. The summed E-state index contributed by atoms with van der Waals surface area (Å²) in [7, 11) is 0. The summed E-state index contributed by atoms with van der Waals surface area (Å²) >= 11 is 0. The first-order valence-corrected chi connectivity index (χ1v) is 18.6. The van der Waals surface area contributed by atoms with Gasteiger partial charge in [-0.15, -0.1) is 0 Å².